The van der Waals surface area contributed by atoms with Gasteiger partial charge in [0.1, 0.15) is 12.2 Å². The molecule has 1 amide bonds. The zero-order chi connectivity index (χ0) is 16.4. The Morgan fingerprint density at radius 1 is 1.30 bits per heavy atom. The minimum absolute atomic E-state index is 0.00354. The summed E-state index contributed by atoms with van der Waals surface area (Å²) in [5, 5.41) is 6.82. The zero-order valence-corrected chi connectivity index (χ0v) is 13.7. The molecule has 8 heteroatoms. The molecular weight excluding hydrogens is 294 g/mol. The van der Waals surface area contributed by atoms with Crippen LogP contribution in [0.3, 0.4) is 0 Å². The molecule has 0 unspecified atom stereocenters. The average Bonchev–Trinajstić information content (AvgIpc) is 3.08. The lowest BCUT2D eigenvalue weighted by molar-refractivity contribution is 0.0709. The van der Waals surface area contributed by atoms with Gasteiger partial charge in [-0.25, -0.2) is 15.0 Å². The summed E-state index contributed by atoms with van der Waals surface area (Å²) in [5.41, 5.74) is 1.29. The second-order valence-electron chi connectivity index (χ2n) is 6.00. The highest BCUT2D eigenvalue weighted by atomic mass is 16.2. The van der Waals surface area contributed by atoms with Gasteiger partial charge in [-0.15, -0.1) is 0 Å². The molecule has 2 aromatic heterocycles. The minimum Gasteiger partial charge on any atom is -0.347 e. The molecule has 3 rings (SSSR count). The SMILES string of the molecule is Cc1nc(N(C)C)ncc1C(=O)N1CCC(c2ncn[nH]2)CC1. The van der Waals surface area contributed by atoms with Crippen molar-refractivity contribution in [3.05, 3.63) is 29.6 Å². The standard InChI is InChI=1S/C15H21N7O/c1-10-12(8-16-15(19-10)21(2)3)14(23)22-6-4-11(5-7-22)13-17-9-18-20-13/h8-9,11H,4-7H2,1-3H3,(H,17,18,20). The summed E-state index contributed by atoms with van der Waals surface area (Å²) in [7, 11) is 3.76. The number of hydrogen-bond donors (Lipinski definition) is 1. The number of nitrogens with one attached hydrogen (secondary N) is 1. The van der Waals surface area contributed by atoms with Crippen molar-refractivity contribution in [3.63, 3.8) is 0 Å². The molecule has 0 aliphatic carbocycles. The van der Waals surface area contributed by atoms with Gasteiger partial charge in [-0.2, -0.15) is 5.10 Å². The first-order valence-electron chi connectivity index (χ1n) is 7.71. The third kappa shape index (κ3) is 3.15. The van der Waals surface area contributed by atoms with Crippen LogP contribution in [0.5, 0.6) is 0 Å². The van der Waals surface area contributed by atoms with E-state index in [2.05, 4.69) is 25.1 Å². The Hall–Kier alpha value is -2.51. The van der Waals surface area contributed by atoms with Crippen LogP contribution in [0.2, 0.25) is 0 Å². The maximum atomic E-state index is 12.7. The summed E-state index contributed by atoms with van der Waals surface area (Å²) < 4.78 is 0. The number of rotatable bonds is 3. The molecule has 0 bridgehead atoms. The molecule has 0 saturated carbocycles. The monoisotopic (exact) mass is 315 g/mol. The van der Waals surface area contributed by atoms with Crippen LogP contribution in [0.25, 0.3) is 0 Å². The Labute approximate surface area is 135 Å². The highest BCUT2D eigenvalue weighted by molar-refractivity contribution is 5.95. The smallest absolute Gasteiger partial charge is 0.257 e. The first kappa shape index (κ1) is 15.4. The quantitative estimate of drug-likeness (QED) is 0.908. The minimum atomic E-state index is 0.00354. The molecule has 1 aliphatic heterocycles. The van der Waals surface area contributed by atoms with Crippen molar-refractivity contribution in [1.29, 1.82) is 0 Å². The van der Waals surface area contributed by atoms with E-state index in [1.54, 1.807) is 6.20 Å². The van der Waals surface area contributed by atoms with Crippen molar-refractivity contribution in [3.8, 4) is 0 Å². The van der Waals surface area contributed by atoms with E-state index >= 15 is 0 Å². The highest BCUT2D eigenvalue weighted by Crippen LogP contribution is 2.26. The van der Waals surface area contributed by atoms with E-state index in [1.165, 1.54) is 6.33 Å². The van der Waals surface area contributed by atoms with Gasteiger partial charge in [0.15, 0.2) is 0 Å². The van der Waals surface area contributed by atoms with E-state index in [0.29, 0.717) is 36.2 Å². The first-order chi connectivity index (χ1) is 11.1. The van der Waals surface area contributed by atoms with Gasteiger partial charge >= 0.3 is 0 Å². The van der Waals surface area contributed by atoms with Crippen molar-refractivity contribution in [2.45, 2.75) is 25.7 Å². The fraction of sp³-hybridized carbons (Fsp3) is 0.533. The van der Waals surface area contributed by atoms with Crippen molar-refractivity contribution in [1.82, 2.24) is 30.0 Å². The van der Waals surface area contributed by atoms with Crippen LogP contribution in [0.1, 0.15) is 40.6 Å². The Morgan fingerprint density at radius 2 is 2.04 bits per heavy atom. The second-order valence-corrected chi connectivity index (χ2v) is 6.00. The molecule has 0 radical (unpaired) electrons. The fourth-order valence-electron chi connectivity index (χ4n) is 2.82. The number of amides is 1. The van der Waals surface area contributed by atoms with E-state index < -0.39 is 0 Å². The van der Waals surface area contributed by atoms with Gasteiger partial charge in [-0.3, -0.25) is 9.89 Å². The Balaban J connectivity index is 1.68. The molecule has 3 heterocycles. The Bertz CT molecular complexity index is 675. The zero-order valence-electron chi connectivity index (χ0n) is 13.7. The molecule has 2 aromatic rings. The molecule has 0 spiro atoms. The number of carbonyl (C=O) groups is 1. The van der Waals surface area contributed by atoms with Crippen LogP contribution >= 0.6 is 0 Å². The summed E-state index contributed by atoms with van der Waals surface area (Å²) >= 11 is 0. The van der Waals surface area contributed by atoms with Crippen molar-refractivity contribution < 1.29 is 4.79 Å². The van der Waals surface area contributed by atoms with Crippen LogP contribution < -0.4 is 4.90 Å². The molecule has 1 aliphatic rings. The number of aryl methyl sites for hydroxylation is 1. The van der Waals surface area contributed by atoms with Gasteiger partial charge in [0.2, 0.25) is 5.95 Å². The Morgan fingerprint density at radius 3 is 2.61 bits per heavy atom. The van der Waals surface area contributed by atoms with E-state index in [0.717, 1.165) is 18.7 Å². The van der Waals surface area contributed by atoms with E-state index in [4.69, 9.17) is 0 Å². The molecule has 23 heavy (non-hydrogen) atoms. The number of carbonyl (C=O) groups excluding carboxylic acids is 1. The van der Waals surface area contributed by atoms with Gasteiger partial charge in [-0.1, -0.05) is 0 Å². The number of aromatic amines is 1. The fourth-order valence-corrected chi connectivity index (χ4v) is 2.82. The normalized spacial score (nSPS) is 15.7. The molecule has 1 saturated heterocycles. The van der Waals surface area contributed by atoms with Gasteiger partial charge in [-0.05, 0) is 19.8 Å². The average molecular weight is 315 g/mol. The van der Waals surface area contributed by atoms with Crippen molar-refractivity contribution in [2.75, 3.05) is 32.1 Å². The molecule has 0 atom stereocenters. The molecule has 0 aromatic carbocycles. The number of aromatic nitrogens is 5. The molecule has 1 fully saturated rings. The molecule has 8 nitrogen and oxygen atoms in total. The van der Waals surface area contributed by atoms with Gasteiger partial charge in [0.05, 0.1) is 11.3 Å². The third-order valence-corrected chi connectivity index (χ3v) is 4.20. The van der Waals surface area contributed by atoms with Crippen LogP contribution in [-0.2, 0) is 0 Å². The van der Waals surface area contributed by atoms with E-state index in [1.807, 2.05) is 30.8 Å². The lowest BCUT2D eigenvalue weighted by Crippen LogP contribution is -2.38. The summed E-state index contributed by atoms with van der Waals surface area (Å²) in [6.45, 7) is 3.27. The number of hydrogen-bond acceptors (Lipinski definition) is 6. The van der Waals surface area contributed by atoms with Gasteiger partial charge in [0.25, 0.3) is 5.91 Å². The number of H-pyrrole nitrogens is 1. The predicted molar refractivity (Wildman–Crippen MR) is 85.4 cm³/mol. The number of anilines is 1. The van der Waals surface area contributed by atoms with E-state index in [9.17, 15) is 4.79 Å². The maximum absolute atomic E-state index is 12.7. The van der Waals surface area contributed by atoms with Gasteiger partial charge in [0, 0.05) is 39.3 Å². The second kappa shape index (κ2) is 6.31. The van der Waals surface area contributed by atoms with Crippen LogP contribution in [0.15, 0.2) is 12.5 Å². The Kier molecular flexibility index (Phi) is 4.22. The summed E-state index contributed by atoms with van der Waals surface area (Å²) in [6.07, 6.45) is 4.93. The number of piperidine rings is 1. The summed E-state index contributed by atoms with van der Waals surface area (Å²) in [5.74, 6) is 1.87. The molecule has 122 valence electrons. The summed E-state index contributed by atoms with van der Waals surface area (Å²) in [6, 6.07) is 0. The van der Waals surface area contributed by atoms with E-state index in [-0.39, 0.29) is 5.91 Å². The predicted octanol–water partition coefficient (Wildman–Crippen LogP) is 0.989. The first-order valence-corrected chi connectivity index (χ1v) is 7.71. The lowest BCUT2D eigenvalue weighted by atomic mass is 9.95. The van der Waals surface area contributed by atoms with Crippen LogP contribution in [-0.4, -0.2) is 63.1 Å². The molecular formula is C15H21N7O. The number of nitrogens with zero attached hydrogens (tertiary/aromatic N) is 6. The topological polar surface area (TPSA) is 90.9 Å². The van der Waals surface area contributed by atoms with Crippen molar-refractivity contribution >= 4 is 11.9 Å². The van der Waals surface area contributed by atoms with Crippen LogP contribution in [0.4, 0.5) is 5.95 Å². The van der Waals surface area contributed by atoms with Gasteiger partial charge < -0.3 is 9.80 Å². The van der Waals surface area contributed by atoms with Crippen molar-refractivity contribution in [2.24, 2.45) is 0 Å². The lowest BCUT2D eigenvalue weighted by Gasteiger charge is -2.31. The highest BCUT2D eigenvalue weighted by Gasteiger charge is 2.27. The molecule has 1 N–H and O–H groups in total. The van der Waals surface area contributed by atoms with Crippen LogP contribution in [0, 0.1) is 6.92 Å². The largest absolute Gasteiger partial charge is 0.347 e. The third-order valence-electron chi connectivity index (χ3n) is 4.20. The number of likely N-dealkylation sites (tertiary alicyclic amines) is 1. The maximum Gasteiger partial charge on any atom is 0.257 e. The summed E-state index contributed by atoms with van der Waals surface area (Å²) in [4.78, 5) is 29.2.